The van der Waals surface area contributed by atoms with Gasteiger partial charge in [0.25, 0.3) is 0 Å². The fourth-order valence-corrected chi connectivity index (χ4v) is 1.54. The highest BCUT2D eigenvalue weighted by Crippen LogP contribution is 2.38. The number of carbonyl (C=O) groups excluding carboxylic acids is 1. The Morgan fingerprint density at radius 2 is 2.00 bits per heavy atom. The lowest BCUT2D eigenvalue weighted by atomic mass is 10.1. The van der Waals surface area contributed by atoms with E-state index >= 15 is 0 Å². The van der Waals surface area contributed by atoms with Gasteiger partial charge < -0.3 is 11.1 Å². The van der Waals surface area contributed by atoms with Crippen LogP contribution in [0.15, 0.2) is 12.1 Å². The van der Waals surface area contributed by atoms with Gasteiger partial charge in [-0.3, -0.25) is 4.79 Å². The van der Waals surface area contributed by atoms with E-state index in [-0.39, 0.29) is 18.0 Å². The third-order valence-corrected chi connectivity index (χ3v) is 2.21. The molecule has 0 spiro atoms. The molecule has 80 valence electrons. The first-order valence-corrected chi connectivity index (χ1v) is 4.17. The number of nitrogens with two attached hydrogens (primary N) is 1. The molecule has 3 nitrogen and oxygen atoms in total. The molecule has 3 N–H and O–H groups in total. The van der Waals surface area contributed by atoms with Crippen LogP contribution < -0.4 is 11.1 Å². The Balaban J connectivity index is 2.54. The number of fused-ring (bicyclic) bond motifs is 1. The maximum Gasteiger partial charge on any atom is 0.418 e. The van der Waals surface area contributed by atoms with Gasteiger partial charge in [-0.05, 0) is 17.7 Å². The lowest BCUT2D eigenvalue weighted by Crippen LogP contribution is -2.09. The summed E-state index contributed by atoms with van der Waals surface area (Å²) in [7, 11) is 0. The Labute approximate surface area is 83.1 Å². The van der Waals surface area contributed by atoms with Crippen molar-refractivity contribution >= 4 is 17.3 Å². The van der Waals surface area contributed by atoms with Crippen molar-refractivity contribution in [2.75, 3.05) is 11.1 Å². The van der Waals surface area contributed by atoms with Crippen molar-refractivity contribution < 1.29 is 18.0 Å². The lowest BCUT2D eigenvalue weighted by Gasteiger charge is -2.11. The van der Waals surface area contributed by atoms with Crippen LogP contribution in [0.5, 0.6) is 0 Å². The summed E-state index contributed by atoms with van der Waals surface area (Å²) in [6.07, 6.45) is -4.51. The summed E-state index contributed by atoms with van der Waals surface area (Å²) in [5.74, 6) is -0.316. The van der Waals surface area contributed by atoms with Gasteiger partial charge in [0, 0.05) is 11.4 Å². The first-order valence-electron chi connectivity index (χ1n) is 4.17. The molecule has 1 aromatic carbocycles. The van der Waals surface area contributed by atoms with E-state index in [9.17, 15) is 18.0 Å². The summed E-state index contributed by atoms with van der Waals surface area (Å²) in [5.41, 5.74) is 4.69. The Kier molecular flexibility index (Phi) is 1.89. The molecule has 1 amide bonds. The molecule has 0 unspecified atom stereocenters. The molecule has 0 aliphatic carbocycles. The molecular weight excluding hydrogens is 209 g/mol. The number of halogens is 3. The number of anilines is 2. The van der Waals surface area contributed by atoms with Crippen molar-refractivity contribution in [1.29, 1.82) is 0 Å². The second-order valence-electron chi connectivity index (χ2n) is 3.32. The molecule has 0 aromatic heterocycles. The smallest absolute Gasteiger partial charge is 0.398 e. The zero-order valence-corrected chi connectivity index (χ0v) is 7.48. The van der Waals surface area contributed by atoms with E-state index < -0.39 is 11.7 Å². The average molecular weight is 216 g/mol. The molecule has 1 aliphatic heterocycles. The van der Waals surface area contributed by atoms with E-state index in [0.717, 1.165) is 12.1 Å². The van der Waals surface area contributed by atoms with Gasteiger partial charge >= 0.3 is 6.18 Å². The van der Waals surface area contributed by atoms with Crippen molar-refractivity contribution in [2.45, 2.75) is 12.6 Å². The largest absolute Gasteiger partial charge is 0.418 e. The summed E-state index contributed by atoms with van der Waals surface area (Å²) in [6, 6.07) is 2.06. The van der Waals surface area contributed by atoms with Gasteiger partial charge in [0.1, 0.15) is 0 Å². The second-order valence-corrected chi connectivity index (χ2v) is 3.32. The number of nitrogen functional groups attached to an aromatic ring is 1. The Hall–Kier alpha value is -1.72. The minimum Gasteiger partial charge on any atom is -0.398 e. The molecule has 0 radical (unpaired) electrons. The zero-order valence-electron chi connectivity index (χ0n) is 7.48. The fourth-order valence-electron chi connectivity index (χ4n) is 1.54. The minimum atomic E-state index is -4.48. The van der Waals surface area contributed by atoms with E-state index in [4.69, 9.17) is 5.73 Å². The lowest BCUT2D eigenvalue weighted by molar-refractivity contribution is -0.137. The number of alkyl halides is 3. The molecule has 0 bridgehead atoms. The van der Waals surface area contributed by atoms with Gasteiger partial charge in [-0.1, -0.05) is 0 Å². The molecule has 0 atom stereocenters. The summed E-state index contributed by atoms with van der Waals surface area (Å²) in [5, 5.41) is 2.43. The minimum absolute atomic E-state index is 0.0291. The number of benzene rings is 1. The molecule has 15 heavy (non-hydrogen) atoms. The van der Waals surface area contributed by atoms with Crippen LogP contribution in [0.4, 0.5) is 24.5 Å². The number of carbonyl (C=O) groups is 1. The van der Waals surface area contributed by atoms with Gasteiger partial charge in [-0.25, -0.2) is 0 Å². The summed E-state index contributed by atoms with van der Waals surface area (Å²) in [4.78, 5) is 10.9. The van der Waals surface area contributed by atoms with Gasteiger partial charge in [-0.15, -0.1) is 0 Å². The van der Waals surface area contributed by atoms with Crippen LogP contribution in [-0.2, 0) is 17.4 Å². The van der Waals surface area contributed by atoms with Crippen molar-refractivity contribution in [3.05, 3.63) is 23.3 Å². The van der Waals surface area contributed by atoms with Crippen LogP contribution in [0.25, 0.3) is 0 Å². The topological polar surface area (TPSA) is 55.1 Å². The molecule has 1 aromatic rings. The maximum atomic E-state index is 12.4. The number of amides is 1. The molecule has 1 aliphatic rings. The normalized spacial score (nSPS) is 15.0. The third-order valence-electron chi connectivity index (χ3n) is 2.21. The molecule has 0 saturated carbocycles. The van der Waals surface area contributed by atoms with Gasteiger partial charge in [0.2, 0.25) is 5.91 Å². The Morgan fingerprint density at radius 3 is 2.60 bits per heavy atom. The zero-order chi connectivity index (χ0) is 11.2. The predicted molar refractivity (Wildman–Crippen MR) is 48.2 cm³/mol. The molecule has 6 heteroatoms. The standard InChI is InChI=1S/C9H7F3N2O/c10-9(11,12)5-1-4-2-8(15)14-7(4)3-6(5)13/h1,3H,2,13H2,(H,14,15). The third kappa shape index (κ3) is 1.62. The van der Waals surface area contributed by atoms with Gasteiger partial charge in [0.05, 0.1) is 12.0 Å². The van der Waals surface area contributed by atoms with Crippen LogP contribution in [0, 0.1) is 0 Å². The van der Waals surface area contributed by atoms with E-state index in [2.05, 4.69) is 5.32 Å². The van der Waals surface area contributed by atoms with Crippen LogP contribution in [0.3, 0.4) is 0 Å². The molecule has 2 rings (SSSR count). The first-order chi connectivity index (χ1) is 6.88. The first kappa shape index (κ1) is 9.82. The maximum absolute atomic E-state index is 12.4. The molecular formula is C9H7F3N2O. The number of nitrogens with one attached hydrogen (secondary N) is 1. The number of hydrogen-bond donors (Lipinski definition) is 2. The average Bonchev–Trinajstić information content (AvgIpc) is 2.40. The van der Waals surface area contributed by atoms with E-state index in [1.165, 1.54) is 0 Å². The van der Waals surface area contributed by atoms with Gasteiger partial charge in [0.15, 0.2) is 0 Å². The number of rotatable bonds is 0. The molecule has 0 saturated heterocycles. The Bertz CT molecular complexity index is 440. The predicted octanol–water partition coefficient (Wildman–Crippen LogP) is 1.78. The van der Waals surface area contributed by atoms with Crippen LogP contribution >= 0.6 is 0 Å². The number of hydrogen-bond acceptors (Lipinski definition) is 2. The monoisotopic (exact) mass is 216 g/mol. The van der Waals surface area contributed by atoms with Crippen LogP contribution in [0.1, 0.15) is 11.1 Å². The van der Waals surface area contributed by atoms with E-state index in [1.807, 2.05) is 0 Å². The van der Waals surface area contributed by atoms with Crippen molar-refractivity contribution in [1.82, 2.24) is 0 Å². The second kappa shape index (κ2) is 2.88. The van der Waals surface area contributed by atoms with Crippen LogP contribution in [0.2, 0.25) is 0 Å². The highest BCUT2D eigenvalue weighted by Gasteiger charge is 2.34. The van der Waals surface area contributed by atoms with Crippen molar-refractivity contribution in [3.8, 4) is 0 Å². The summed E-state index contributed by atoms with van der Waals surface area (Å²) in [6.45, 7) is 0. The summed E-state index contributed by atoms with van der Waals surface area (Å²) < 4.78 is 37.3. The van der Waals surface area contributed by atoms with E-state index in [0.29, 0.717) is 11.3 Å². The highest BCUT2D eigenvalue weighted by molar-refractivity contribution is 5.99. The molecule has 0 fully saturated rings. The van der Waals surface area contributed by atoms with Crippen molar-refractivity contribution in [3.63, 3.8) is 0 Å². The quantitative estimate of drug-likeness (QED) is 0.649. The van der Waals surface area contributed by atoms with E-state index in [1.54, 1.807) is 0 Å². The van der Waals surface area contributed by atoms with Crippen molar-refractivity contribution in [2.24, 2.45) is 0 Å². The van der Waals surface area contributed by atoms with Gasteiger partial charge in [-0.2, -0.15) is 13.2 Å². The highest BCUT2D eigenvalue weighted by atomic mass is 19.4. The fraction of sp³-hybridized carbons (Fsp3) is 0.222. The van der Waals surface area contributed by atoms with Crippen LogP contribution in [-0.4, -0.2) is 5.91 Å². The Morgan fingerprint density at radius 1 is 1.33 bits per heavy atom. The SMILES string of the molecule is Nc1cc2c(cc1C(F)(F)F)CC(=O)N2. The molecule has 1 heterocycles. The summed E-state index contributed by atoms with van der Waals surface area (Å²) >= 11 is 0.